The molecule has 1 aliphatic rings. The fourth-order valence-electron chi connectivity index (χ4n) is 2.41. The van der Waals surface area contributed by atoms with E-state index in [1.165, 1.54) is 6.26 Å². The number of halogens is 3. The van der Waals surface area contributed by atoms with Gasteiger partial charge in [-0.05, 0) is 46.8 Å². The van der Waals surface area contributed by atoms with E-state index in [0.29, 0.717) is 29.7 Å². The third kappa shape index (κ3) is 4.48. The minimum absolute atomic E-state index is 0.270. The van der Waals surface area contributed by atoms with E-state index in [-0.39, 0.29) is 5.92 Å². The second-order valence-electron chi connectivity index (χ2n) is 5.23. The monoisotopic (exact) mass is 414 g/mol. The van der Waals surface area contributed by atoms with Crippen molar-refractivity contribution in [3.8, 4) is 0 Å². The minimum atomic E-state index is -3.11. The zero-order valence-electron chi connectivity index (χ0n) is 11.6. The smallest absolute Gasteiger partial charge is 0.211 e. The van der Waals surface area contributed by atoms with Crippen molar-refractivity contribution in [3.05, 3.63) is 26.7 Å². The number of nitrogens with zero attached hydrogens (tertiary/aromatic N) is 1. The molecule has 0 amide bonds. The fraction of sp³-hybridized carbons (Fsp3) is 0.538. The Morgan fingerprint density at radius 2 is 2.10 bits per heavy atom. The lowest BCUT2D eigenvalue weighted by Crippen LogP contribution is -2.41. The van der Waals surface area contributed by atoms with E-state index in [1.807, 2.05) is 12.1 Å². The Balaban J connectivity index is 1.99. The SMILES string of the molecule is CS(=O)(=O)N1CCCC(CNc2ccc(Br)c(Cl)c2Cl)C1. The first-order chi connectivity index (χ1) is 9.79. The summed E-state index contributed by atoms with van der Waals surface area (Å²) in [6, 6.07) is 3.69. The average Bonchev–Trinajstić information content (AvgIpc) is 2.43. The Morgan fingerprint density at radius 1 is 1.38 bits per heavy atom. The molecule has 1 N–H and O–H groups in total. The number of sulfonamides is 1. The normalized spacial score (nSPS) is 20.5. The highest BCUT2D eigenvalue weighted by molar-refractivity contribution is 9.10. The van der Waals surface area contributed by atoms with E-state index in [1.54, 1.807) is 4.31 Å². The van der Waals surface area contributed by atoms with Gasteiger partial charge in [-0.2, -0.15) is 0 Å². The van der Waals surface area contributed by atoms with E-state index >= 15 is 0 Å². The summed E-state index contributed by atoms with van der Waals surface area (Å²) in [5.41, 5.74) is 0.765. The van der Waals surface area contributed by atoms with Gasteiger partial charge >= 0.3 is 0 Å². The number of rotatable bonds is 4. The van der Waals surface area contributed by atoms with E-state index in [0.717, 1.165) is 23.0 Å². The van der Waals surface area contributed by atoms with Gasteiger partial charge in [-0.1, -0.05) is 23.2 Å². The van der Waals surface area contributed by atoms with Crippen LogP contribution in [0.3, 0.4) is 0 Å². The van der Waals surface area contributed by atoms with Crippen molar-refractivity contribution in [3.63, 3.8) is 0 Å². The third-order valence-electron chi connectivity index (χ3n) is 3.57. The molecule has 1 saturated heterocycles. The fourth-order valence-corrected chi connectivity index (χ4v) is 4.19. The molecule has 4 nitrogen and oxygen atoms in total. The van der Waals surface area contributed by atoms with Crippen molar-refractivity contribution >= 4 is 54.8 Å². The Bertz CT molecular complexity index is 625. The van der Waals surface area contributed by atoms with Crippen LogP contribution in [-0.2, 0) is 10.0 Å². The van der Waals surface area contributed by atoms with Crippen LogP contribution in [0.4, 0.5) is 5.69 Å². The van der Waals surface area contributed by atoms with Crippen molar-refractivity contribution in [2.24, 2.45) is 5.92 Å². The zero-order valence-corrected chi connectivity index (χ0v) is 15.5. The number of hydrogen-bond acceptors (Lipinski definition) is 3. The molecule has 8 heteroatoms. The quantitative estimate of drug-likeness (QED) is 0.760. The largest absolute Gasteiger partial charge is 0.383 e. The van der Waals surface area contributed by atoms with Crippen LogP contribution in [0.5, 0.6) is 0 Å². The first kappa shape index (κ1) is 17.3. The highest BCUT2D eigenvalue weighted by Crippen LogP contribution is 2.36. The average molecular weight is 416 g/mol. The predicted octanol–water partition coefficient (Wildman–Crippen LogP) is 3.84. The molecule has 2 rings (SSSR count). The molecule has 21 heavy (non-hydrogen) atoms. The lowest BCUT2D eigenvalue weighted by molar-refractivity contribution is 0.277. The summed E-state index contributed by atoms with van der Waals surface area (Å²) in [6.07, 6.45) is 3.14. The van der Waals surface area contributed by atoms with Crippen LogP contribution >= 0.6 is 39.1 Å². The van der Waals surface area contributed by atoms with Gasteiger partial charge in [0.2, 0.25) is 10.0 Å². The lowest BCUT2D eigenvalue weighted by atomic mass is 9.99. The van der Waals surface area contributed by atoms with Crippen LogP contribution in [-0.4, -0.2) is 38.6 Å². The van der Waals surface area contributed by atoms with Crippen molar-refractivity contribution in [1.29, 1.82) is 0 Å². The number of nitrogens with one attached hydrogen (secondary N) is 1. The molecule has 1 heterocycles. The van der Waals surface area contributed by atoms with E-state index in [9.17, 15) is 8.42 Å². The number of anilines is 1. The maximum atomic E-state index is 11.6. The summed E-state index contributed by atoms with van der Waals surface area (Å²) in [4.78, 5) is 0. The molecule has 1 fully saturated rings. The molecule has 0 radical (unpaired) electrons. The zero-order chi connectivity index (χ0) is 15.6. The molecule has 1 atom stereocenters. The molecular weight excluding hydrogens is 399 g/mol. The highest BCUT2D eigenvalue weighted by Gasteiger charge is 2.25. The Hall–Kier alpha value is -0.0100. The number of benzene rings is 1. The van der Waals surface area contributed by atoms with Crippen molar-refractivity contribution in [2.75, 3.05) is 31.2 Å². The van der Waals surface area contributed by atoms with Gasteiger partial charge in [0, 0.05) is 24.1 Å². The second-order valence-corrected chi connectivity index (χ2v) is 8.83. The lowest BCUT2D eigenvalue weighted by Gasteiger charge is -2.31. The summed E-state index contributed by atoms with van der Waals surface area (Å²) >= 11 is 15.6. The highest BCUT2D eigenvalue weighted by atomic mass is 79.9. The second kappa shape index (κ2) is 7.04. The molecule has 0 bridgehead atoms. The summed E-state index contributed by atoms with van der Waals surface area (Å²) in [5, 5.41) is 4.21. The number of hydrogen-bond donors (Lipinski definition) is 1. The van der Waals surface area contributed by atoms with Gasteiger partial charge < -0.3 is 5.32 Å². The molecule has 0 saturated carbocycles. The molecule has 118 valence electrons. The Kier molecular flexibility index (Phi) is 5.82. The Morgan fingerprint density at radius 3 is 2.76 bits per heavy atom. The first-order valence-electron chi connectivity index (χ1n) is 6.61. The summed E-state index contributed by atoms with van der Waals surface area (Å²) < 4.78 is 25.5. The molecule has 1 unspecified atom stereocenters. The van der Waals surface area contributed by atoms with Crippen LogP contribution in [0.25, 0.3) is 0 Å². The van der Waals surface area contributed by atoms with Crippen LogP contribution in [0.2, 0.25) is 10.0 Å². The van der Waals surface area contributed by atoms with Crippen LogP contribution in [0.15, 0.2) is 16.6 Å². The van der Waals surface area contributed by atoms with Crippen molar-refractivity contribution in [1.82, 2.24) is 4.31 Å². The van der Waals surface area contributed by atoms with E-state index in [2.05, 4.69) is 21.2 Å². The maximum absolute atomic E-state index is 11.6. The van der Waals surface area contributed by atoms with Gasteiger partial charge in [0.25, 0.3) is 0 Å². The molecule has 1 aromatic rings. The summed E-state index contributed by atoms with van der Waals surface area (Å²) in [5.74, 6) is 0.270. The van der Waals surface area contributed by atoms with Crippen molar-refractivity contribution < 1.29 is 8.42 Å². The number of piperidine rings is 1. The molecular formula is C13H17BrCl2N2O2S. The molecule has 0 spiro atoms. The van der Waals surface area contributed by atoms with E-state index in [4.69, 9.17) is 23.2 Å². The van der Waals surface area contributed by atoms with Crippen LogP contribution in [0.1, 0.15) is 12.8 Å². The van der Waals surface area contributed by atoms with Gasteiger partial charge in [0.05, 0.1) is 22.0 Å². The van der Waals surface area contributed by atoms with E-state index < -0.39 is 10.0 Å². The molecule has 1 aromatic carbocycles. The van der Waals surface area contributed by atoms with Crippen molar-refractivity contribution in [2.45, 2.75) is 12.8 Å². The molecule has 1 aliphatic heterocycles. The first-order valence-corrected chi connectivity index (χ1v) is 10.0. The molecule has 0 aromatic heterocycles. The minimum Gasteiger partial charge on any atom is -0.383 e. The predicted molar refractivity (Wildman–Crippen MR) is 91.8 cm³/mol. The Labute approximate surface area is 144 Å². The van der Waals surface area contributed by atoms with Gasteiger partial charge in [-0.3, -0.25) is 0 Å². The van der Waals surface area contributed by atoms with Crippen LogP contribution < -0.4 is 5.32 Å². The maximum Gasteiger partial charge on any atom is 0.211 e. The van der Waals surface area contributed by atoms with Gasteiger partial charge in [0.1, 0.15) is 0 Å². The van der Waals surface area contributed by atoms with Gasteiger partial charge in [0.15, 0.2) is 0 Å². The standard InChI is InChI=1S/C13H17BrCl2N2O2S/c1-21(19,20)18-6-2-3-9(8-18)7-17-11-5-4-10(14)12(15)13(11)16/h4-5,9,17H,2-3,6-8H2,1H3. The molecule has 0 aliphatic carbocycles. The topological polar surface area (TPSA) is 49.4 Å². The summed E-state index contributed by atoms with van der Waals surface area (Å²) in [6.45, 7) is 1.83. The van der Waals surface area contributed by atoms with Gasteiger partial charge in [-0.15, -0.1) is 0 Å². The summed E-state index contributed by atoms with van der Waals surface area (Å²) in [7, 11) is -3.11. The van der Waals surface area contributed by atoms with Gasteiger partial charge in [-0.25, -0.2) is 12.7 Å². The van der Waals surface area contributed by atoms with Crippen LogP contribution in [0, 0.1) is 5.92 Å². The third-order valence-corrected chi connectivity index (χ3v) is 6.61.